The number of sulfone groups is 2. The van der Waals surface area contributed by atoms with Crippen molar-refractivity contribution < 1.29 is 21.6 Å². The molecule has 0 saturated carbocycles. The van der Waals surface area contributed by atoms with E-state index in [9.17, 15) is 21.6 Å². The molecule has 92 valence electrons. The standard InChI is InChI=1S/C8H13NO5S2/c1-4-15(11,12)6-8(9-7(3)10)16(13,14)5-2/h5-6H,2,4H2,1,3H3,(H,9,10). The molecule has 0 bridgehead atoms. The zero-order chi connectivity index (χ0) is 13.0. The van der Waals surface area contributed by atoms with Crippen LogP contribution in [0.2, 0.25) is 0 Å². The Morgan fingerprint density at radius 3 is 2.12 bits per heavy atom. The van der Waals surface area contributed by atoms with Gasteiger partial charge in [0.05, 0.1) is 11.2 Å². The Morgan fingerprint density at radius 1 is 1.31 bits per heavy atom. The van der Waals surface area contributed by atoms with E-state index in [1.165, 1.54) is 6.92 Å². The highest BCUT2D eigenvalue weighted by Crippen LogP contribution is 2.08. The van der Waals surface area contributed by atoms with Gasteiger partial charge in [-0.05, 0) is 0 Å². The molecule has 0 aromatic heterocycles. The summed E-state index contributed by atoms with van der Waals surface area (Å²) in [6.07, 6.45) is 0. The Morgan fingerprint density at radius 2 is 1.81 bits per heavy atom. The van der Waals surface area contributed by atoms with Crippen LogP contribution in [-0.2, 0) is 24.5 Å². The Bertz CT molecular complexity index is 513. The van der Waals surface area contributed by atoms with E-state index in [4.69, 9.17) is 0 Å². The van der Waals surface area contributed by atoms with Crippen LogP contribution in [-0.4, -0.2) is 28.5 Å². The van der Waals surface area contributed by atoms with Gasteiger partial charge in [-0.25, -0.2) is 16.8 Å². The molecule has 0 rings (SSSR count). The van der Waals surface area contributed by atoms with E-state index < -0.39 is 30.6 Å². The number of amides is 1. The van der Waals surface area contributed by atoms with Crippen molar-refractivity contribution in [1.29, 1.82) is 0 Å². The molecule has 1 N–H and O–H groups in total. The molecular formula is C8H13NO5S2. The molecule has 6 nitrogen and oxygen atoms in total. The normalized spacial score (nSPS) is 13.2. The van der Waals surface area contributed by atoms with Gasteiger partial charge in [-0.2, -0.15) is 0 Å². The summed E-state index contributed by atoms with van der Waals surface area (Å²) in [6, 6.07) is 0. The SMILES string of the molecule is C=CS(=O)(=O)C(=CS(=O)(=O)CC)NC(C)=O. The first kappa shape index (κ1) is 14.8. The second kappa shape index (κ2) is 5.26. The molecule has 0 atom stereocenters. The van der Waals surface area contributed by atoms with Crippen LogP contribution < -0.4 is 5.32 Å². The summed E-state index contributed by atoms with van der Waals surface area (Å²) < 4.78 is 45.2. The molecule has 0 aliphatic carbocycles. The fourth-order valence-electron chi connectivity index (χ4n) is 0.677. The van der Waals surface area contributed by atoms with E-state index in [-0.39, 0.29) is 5.75 Å². The van der Waals surface area contributed by atoms with Gasteiger partial charge >= 0.3 is 0 Å². The lowest BCUT2D eigenvalue weighted by atomic mass is 10.7. The fourth-order valence-corrected chi connectivity index (χ4v) is 2.67. The van der Waals surface area contributed by atoms with Crippen LogP contribution in [0.1, 0.15) is 13.8 Å². The largest absolute Gasteiger partial charge is 0.316 e. The van der Waals surface area contributed by atoms with Gasteiger partial charge in [0.15, 0.2) is 14.9 Å². The van der Waals surface area contributed by atoms with Gasteiger partial charge < -0.3 is 5.32 Å². The van der Waals surface area contributed by atoms with Gasteiger partial charge in [-0.15, -0.1) is 0 Å². The highest BCUT2D eigenvalue weighted by atomic mass is 32.2. The number of hydrogen-bond acceptors (Lipinski definition) is 5. The maximum Gasteiger partial charge on any atom is 0.221 e. The molecule has 1 amide bonds. The summed E-state index contributed by atoms with van der Waals surface area (Å²) in [5.41, 5.74) is 0. The van der Waals surface area contributed by atoms with Crippen LogP contribution in [0.25, 0.3) is 0 Å². The predicted octanol–water partition coefficient (Wildman–Crippen LogP) is -0.0856. The van der Waals surface area contributed by atoms with Crippen LogP contribution in [0.15, 0.2) is 22.4 Å². The second-order valence-corrected chi connectivity index (χ2v) is 6.83. The Hall–Kier alpha value is -1.15. The van der Waals surface area contributed by atoms with Gasteiger partial charge in [0.1, 0.15) is 0 Å². The molecule has 0 spiro atoms. The molecule has 8 heteroatoms. The predicted molar refractivity (Wildman–Crippen MR) is 60.5 cm³/mol. The van der Waals surface area contributed by atoms with Crippen molar-refractivity contribution in [3.8, 4) is 0 Å². The molecule has 0 aromatic carbocycles. The molecule has 0 aromatic rings. The number of nitrogens with one attached hydrogen (secondary N) is 1. The third-order valence-corrected chi connectivity index (χ3v) is 4.33. The average molecular weight is 267 g/mol. The molecule has 0 fully saturated rings. The number of rotatable bonds is 5. The lowest BCUT2D eigenvalue weighted by molar-refractivity contribution is -0.118. The highest BCUT2D eigenvalue weighted by Gasteiger charge is 2.18. The van der Waals surface area contributed by atoms with Gasteiger partial charge in [0.25, 0.3) is 0 Å². The topological polar surface area (TPSA) is 97.4 Å². The van der Waals surface area contributed by atoms with E-state index >= 15 is 0 Å². The minimum absolute atomic E-state index is 0.261. The van der Waals surface area contributed by atoms with Crippen molar-refractivity contribution in [2.24, 2.45) is 0 Å². The quantitative estimate of drug-likeness (QED) is 0.751. The summed E-state index contributed by atoms with van der Waals surface area (Å²) in [4.78, 5) is 10.7. The lowest BCUT2D eigenvalue weighted by Gasteiger charge is -2.05. The van der Waals surface area contributed by atoms with Crippen LogP contribution in [0.3, 0.4) is 0 Å². The third-order valence-electron chi connectivity index (χ3n) is 1.51. The Labute approximate surface area is 94.9 Å². The van der Waals surface area contributed by atoms with Gasteiger partial charge in [0.2, 0.25) is 15.7 Å². The van der Waals surface area contributed by atoms with E-state index in [0.717, 1.165) is 6.92 Å². The summed E-state index contributed by atoms with van der Waals surface area (Å²) in [6.45, 7) is 5.47. The van der Waals surface area contributed by atoms with Crippen LogP contribution in [0, 0.1) is 0 Å². The number of hydrogen-bond donors (Lipinski definition) is 1. The lowest BCUT2D eigenvalue weighted by Crippen LogP contribution is -2.25. The first-order chi connectivity index (χ1) is 7.14. The van der Waals surface area contributed by atoms with Crippen LogP contribution >= 0.6 is 0 Å². The minimum Gasteiger partial charge on any atom is -0.316 e. The van der Waals surface area contributed by atoms with Crippen molar-refractivity contribution in [3.63, 3.8) is 0 Å². The van der Waals surface area contributed by atoms with Crippen LogP contribution in [0.4, 0.5) is 0 Å². The van der Waals surface area contributed by atoms with E-state index in [2.05, 4.69) is 6.58 Å². The van der Waals surface area contributed by atoms with Crippen molar-refractivity contribution >= 4 is 25.6 Å². The first-order valence-corrected chi connectivity index (χ1v) is 7.50. The molecule has 0 saturated heterocycles. The monoisotopic (exact) mass is 267 g/mol. The van der Waals surface area contributed by atoms with E-state index in [1.807, 2.05) is 5.32 Å². The smallest absolute Gasteiger partial charge is 0.221 e. The third kappa shape index (κ3) is 4.58. The molecule has 0 aliphatic heterocycles. The number of carbonyl (C=O) groups excluding carboxylic acids is 1. The summed E-state index contributed by atoms with van der Waals surface area (Å²) in [7, 11) is -7.65. The van der Waals surface area contributed by atoms with Gasteiger partial charge in [-0.1, -0.05) is 13.5 Å². The molecule has 0 radical (unpaired) electrons. The van der Waals surface area contributed by atoms with Gasteiger partial charge in [0, 0.05) is 12.3 Å². The van der Waals surface area contributed by atoms with Gasteiger partial charge in [-0.3, -0.25) is 4.79 Å². The minimum atomic E-state index is -3.98. The molecule has 0 heterocycles. The van der Waals surface area contributed by atoms with Crippen molar-refractivity contribution in [1.82, 2.24) is 5.32 Å². The van der Waals surface area contributed by atoms with E-state index in [1.54, 1.807) is 0 Å². The summed E-state index contributed by atoms with van der Waals surface area (Å²) >= 11 is 0. The highest BCUT2D eigenvalue weighted by molar-refractivity contribution is 8.00. The molecule has 0 aliphatic rings. The summed E-state index contributed by atoms with van der Waals surface area (Å²) in [5.74, 6) is -0.939. The number of carbonyl (C=O) groups is 1. The van der Waals surface area contributed by atoms with E-state index in [0.29, 0.717) is 10.8 Å². The van der Waals surface area contributed by atoms with Crippen molar-refractivity contribution in [3.05, 3.63) is 22.4 Å². The average Bonchev–Trinajstić information content (AvgIpc) is 2.16. The maximum absolute atomic E-state index is 11.4. The Balaban J connectivity index is 5.63. The Kier molecular flexibility index (Phi) is 4.88. The van der Waals surface area contributed by atoms with Crippen molar-refractivity contribution in [2.75, 3.05) is 5.75 Å². The van der Waals surface area contributed by atoms with Crippen molar-refractivity contribution in [2.45, 2.75) is 13.8 Å². The molecular weight excluding hydrogens is 254 g/mol. The zero-order valence-electron chi connectivity index (χ0n) is 8.93. The zero-order valence-corrected chi connectivity index (χ0v) is 10.6. The molecule has 16 heavy (non-hydrogen) atoms. The summed E-state index contributed by atoms with van der Waals surface area (Å²) in [5, 5.41) is 2.35. The maximum atomic E-state index is 11.4. The van der Waals surface area contributed by atoms with Crippen LogP contribution in [0.5, 0.6) is 0 Å². The second-order valence-electron chi connectivity index (χ2n) is 2.83. The molecule has 0 unspecified atom stereocenters. The fraction of sp³-hybridized carbons (Fsp3) is 0.375. The first-order valence-electron chi connectivity index (χ1n) is 4.24.